The Hall–Kier alpha value is -0.610. The summed E-state index contributed by atoms with van der Waals surface area (Å²) in [6, 6.07) is -0.419. The number of hydrogen-bond acceptors (Lipinski definition) is 3. The van der Waals surface area contributed by atoms with Crippen molar-refractivity contribution in [2.24, 2.45) is 5.73 Å². The second-order valence-corrected chi connectivity index (χ2v) is 2.43. The van der Waals surface area contributed by atoms with Gasteiger partial charge in [0.1, 0.15) is 0 Å². The van der Waals surface area contributed by atoms with Crippen LogP contribution < -0.4 is 11.1 Å². The van der Waals surface area contributed by atoms with Crippen molar-refractivity contribution in [3.05, 3.63) is 0 Å². The van der Waals surface area contributed by atoms with Crippen molar-refractivity contribution in [3.63, 3.8) is 0 Å². The summed E-state index contributed by atoms with van der Waals surface area (Å²) < 4.78 is 4.80. The highest BCUT2D eigenvalue weighted by molar-refractivity contribution is 5.80. The zero-order valence-electron chi connectivity index (χ0n) is 7.09. The highest BCUT2D eigenvalue weighted by Gasteiger charge is 2.04. The highest BCUT2D eigenvalue weighted by atomic mass is 16.5. The number of ether oxygens (including phenoxy) is 1. The predicted octanol–water partition coefficient (Wildman–Crippen LogP) is -0.514. The highest BCUT2D eigenvalue weighted by Crippen LogP contribution is 1.79. The quantitative estimate of drug-likeness (QED) is 0.532. The SMILES string of the molecule is COCCCNC(=O)[C@H](C)N. The van der Waals surface area contributed by atoms with E-state index >= 15 is 0 Å². The van der Waals surface area contributed by atoms with E-state index in [0.717, 1.165) is 6.42 Å². The number of amides is 1. The molecule has 0 saturated carbocycles. The first-order valence-corrected chi connectivity index (χ1v) is 3.70. The van der Waals surface area contributed by atoms with Crippen LogP contribution in [0, 0.1) is 0 Å². The lowest BCUT2D eigenvalue weighted by molar-refractivity contribution is -0.122. The van der Waals surface area contributed by atoms with E-state index in [2.05, 4.69) is 5.32 Å². The van der Waals surface area contributed by atoms with Crippen molar-refractivity contribution in [1.29, 1.82) is 0 Å². The fourth-order valence-electron chi connectivity index (χ4n) is 0.589. The summed E-state index contributed by atoms with van der Waals surface area (Å²) in [7, 11) is 1.63. The molecule has 1 amide bonds. The van der Waals surface area contributed by atoms with Crippen molar-refractivity contribution < 1.29 is 9.53 Å². The van der Waals surface area contributed by atoms with Gasteiger partial charge in [0.25, 0.3) is 0 Å². The molecular weight excluding hydrogens is 144 g/mol. The van der Waals surface area contributed by atoms with Gasteiger partial charge in [0.2, 0.25) is 5.91 Å². The molecule has 0 fully saturated rings. The van der Waals surface area contributed by atoms with Gasteiger partial charge in [0.05, 0.1) is 6.04 Å². The number of carbonyl (C=O) groups is 1. The van der Waals surface area contributed by atoms with Gasteiger partial charge in [0.15, 0.2) is 0 Å². The predicted molar refractivity (Wildman–Crippen MR) is 43.2 cm³/mol. The van der Waals surface area contributed by atoms with Crippen LogP contribution in [0.1, 0.15) is 13.3 Å². The van der Waals surface area contributed by atoms with Crippen molar-refractivity contribution >= 4 is 5.91 Å². The molecule has 0 rings (SSSR count). The molecule has 0 aliphatic rings. The van der Waals surface area contributed by atoms with Crippen molar-refractivity contribution in [1.82, 2.24) is 5.32 Å². The van der Waals surface area contributed by atoms with E-state index in [1.54, 1.807) is 14.0 Å². The molecule has 0 unspecified atom stereocenters. The first kappa shape index (κ1) is 10.4. The van der Waals surface area contributed by atoms with E-state index in [-0.39, 0.29) is 5.91 Å². The zero-order valence-corrected chi connectivity index (χ0v) is 7.09. The van der Waals surface area contributed by atoms with Gasteiger partial charge in [-0.05, 0) is 13.3 Å². The normalized spacial score (nSPS) is 12.6. The van der Waals surface area contributed by atoms with Gasteiger partial charge in [-0.25, -0.2) is 0 Å². The monoisotopic (exact) mass is 160 g/mol. The summed E-state index contributed by atoms with van der Waals surface area (Å²) in [4.78, 5) is 10.8. The van der Waals surface area contributed by atoms with Gasteiger partial charge in [-0.2, -0.15) is 0 Å². The van der Waals surface area contributed by atoms with Crippen molar-refractivity contribution in [3.8, 4) is 0 Å². The van der Waals surface area contributed by atoms with E-state index in [1.807, 2.05) is 0 Å². The van der Waals surface area contributed by atoms with Crippen LogP contribution in [0.3, 0.4) is 0 Å². The molecule has 0 radical (unpaired) electrons. The molecule has 0 heterocycles. The van der Waals surface area contributed by atoms with Gasteiger partial charge in [-0.1, -0.05) is 0 Å². The molecule has 0 bridgehead atoms. The molecule has 0 aromatic heterocycles. The first-order valence-electron chi connectivity index (χ1n) is 3.70. The van der Waals surface area contributed by atoms with Crippen LogP contribution in [0.4, 0.5) is 0 Å². The van der Waals surface area contributed by atoms with Crippen molar-refractivity contribution in [2.75, 3.05) is 20.3 Å². The van der Waals surface area contributed by atoms with Gasteiger partial charge in [-0.3, -0.25) is 4.79 Å². The molecule has 0 aliphatic heterocycles. The average molecular weight is 160 g/mol. The topological polar surface area (TPSA) is 64.3 Å². The number of rotatable bonds is 5. The fourth-order valence-corrected chi connectivity index (χ4v) is 0.589. The zero-order chi connectivity index (χ0) is 8.69. The van der Waals surface area contributed by atoms with E-state index in [1.165, 1.54) is 0 Å². The van der Waals surface area contributed by atoms with Crippen LogP contribution in [0.25, 0.3) is 0 Å². The molecule has 1 atom stereocenters. The maximum absolute atomic E-state index is 10.8. The summed E-state index contributed by atoms with van der Waals surface area (Å²) in [6.45, 7) is 2.96. The van der Waals surface area contributed by atoms with Gasteiger partial charge in [0, 0.05) is 20.3 Å². The Morgan fingerprint density at radius 1 is 1.73 bits per heavy atom. The lowest BCUT2D eigenvalue weighted by Crippen LogP contribution is -2.38. The van der Waals surface area contributed by atoms with Crippen molar-refractivity contribution in [2.45, 2.75) is 19.4 Å². The maximum atomic E-state index is 10.8. The molecule has 0 spiro atoms. The van der Waals surface area contributed by atoms with Gasteiger partial charge >= 0.3 is 0 Å². The molecule has 4 nitrogen and oxygen atoms in total. The summed E-state index contributed by atoms with van der Waals surface area (Å²) in [5.74, 6) is -0.110. The Morgan fingerprint density at radius 2 is 2.36 bits per heavy atom. The maximum Gasteiger partial charge on any atom is 0.236 e. The summed E-state index contributed by atoms with van der Waals surface area (Å²) >= 11 is 0. The molecule has 4 heteroatoms. The number of nitrogens with one attached hydrogen (secondary N) is 1. The third-order valence-corrected chi connectivity index (χ3v) is 1.24. The molecule has 0 aromatic carbocycles. The molecule has 3 N–H and O–H groups in total. The molecule has 66 valence electrons. The standard InChI is InChI=1S/C7H16N2O2/c1-6(8)7(10)9-4-3-5-11-2/h6H,3-5,8H2,1-2H3,(H,9,10)/t6-/m0/s1. The minimum Gasteiger partial charge on any atom is -0.385 e. The Bertz CT molecular complexity index is 115. The Kier molecular flexibility index (Phi) is 5.78. The molecular formula is C7H16N2O2. The molecule has 0 aromatic rings. The van der Waals surface area contributed by atoms with Crippen LogP contribution >= 0.6 is 0 Å². The fraction of sp³-hybridized carbons (Fsp3) is 0.857. The third-order valence-electron chi connectivity index (χ3n) is 1.24. The number of methoxy groups -OCH3 is 1. The Morgan fingerprint density at radius 3 is 2.82 bits per heavy atom. The lowest BCUT2D eigenvalue weighted by Gasteiger charge is -2.06. The molecule has 0 saturated heterocycles. The second-order valence-electron chi connectivity index (χ2n) is 2.43. The van der Waals surface area contributed by atoms with Crippen LogP contribution in [-0.2, 0) is 9.53 Å². The summed E-state index contributed by atoms with van der Waals surface area (Å²) in [6.07, 6.45) is 0.828. The van der Waals surface area contributed by atoms with Gasteiger partial charge in [-0.15, -0.1) is 0 Å². The van der Waals surface area contributed by atoms with Gasteiger partial charge < -0.3 is 15.8 Å². The van der Waals surface area contributed by atoms with E-state index in [0.29, 0.717) is 13.2 Å². The average Bonchev–Trinajstić information content (AvgIpc) is 1.97. The summed E-state index contributed by atoms with van der Waals surface area (Å²) in [5, 5.41) is 2.67. The Labute approximate surface area is 67.1 Å². The smallest absolute Gasteiger partial charge is 0.236 e. The number of hydrogen-bond donors (Lipinski definition) is 2. The van der Waals surface area contributed by atoms with E-state index < -0.39 is 6.04 Å². The van der Waals surface area contributed by atoms with Crippen LogP contribution in [-0.4, -0.2) is 32.2 Å². The van der Waals surface area contributed by atoms with Crippen LogP contribution in [0.15, 0.2) is 0 Å². The number of nitrogens with two attached hydrogens (primary N) is 1. The number of carbonyl (C=O) groups excluding carboxylic acids is 1. The second kappa shape index (κ2) is 6.12. The Balaban J connectivity index is 3.18. The first-order chi connectivity index (χ1) is 5.18. The van der Waals surface area contributed by atoms with Crippen LogP contribution in [0.5, 0.6) is 0 Å². The van der Waals surface area contributed by atoms with E-state index in [9.17, 15) is 4.79 Å². The summed E-state index contributed by atoms with van der Waals surface area (Å²) in [5.41, 5.74) is 5.31. The largest absolute Gasteiger partial charge is 0.385 e. The molecule has 0 aliphatic carbocycles. The van der Waals surface area contributed by atoms with Crippen LogP contribution in [0.2, 0.25) is 0 Å². The minimum absolute atomic E-state index is 0.110. The third kappa shape index (κ3) is 5.82. The minimum atomic E-state index is -0.419. The van der Waals surface area contributed by atoms with E-state index in [4.69, 9.17) is 10.5 Å². The molecule has 11 heavy (non-hydrogen) atoms. The lowest BCUT2D eigenvalue weighted by atomic mass is 10.3.